The lowest BCUT2D eigenvalue weighted by Gasteiger charge is -2.25. The van der Waals surface area contributed by atoms with Crippen molar-refractivity contribution in [3.8, 4) is 0 Å². The molecule has 0 amide bonds. The average Bonchev–Trinajstić information content (AvgIpc) is 2.65. The first-order chi connectivity index (χ1) is 12.3. The monoisotopic (exact) mass is 377 g/mol. The molecule has 2 aromatic rings. The molecule has 2 rings (SSSR count). The second-order valence-electron chi connectivity index (χ2n) is 5.41. The third-order valence-corrected chi connectivity index (χ3v) is 5.46. The Kier molecular flexibility index (Phi) is 5.99. The van der Waals surface area contributed by atoms with Crippen LogP contribution in [0.25, 0.3) is 0 Å². The number of ether oxygens (including phenoxy) is 2. The van der Waals surface area contributed by atoms with Gasteiger partial charge in [0.25, 0.3) is 10.0 Å². The van der Waals surface area contributed by atoms with Crippen molar-refractivity contribution in [3.63, 3.8) is 0 Å². The van der Waals surface area contributed by atoms with Gasteiger partial charge in [-0.25, -0.2) is 13.2 Å². The maximum absolute atomic E-state index is 13.1. The van der Waals surface area contributed by atoms with Crippen LogP contribution in [0, 0.1) is 6.92 Å². The minimum atomic E-state index is -4.12. The number of esters is 2. The van der Waals surface area contributed by atoms with E-state index in [0.717, 1.165) is 17.0 Å². The Balaban J connectivity index is 2.63. The van der Waals surface area contributed by atoms with Gasteiger partial charge in [-0.2, -0.15) is 0 Å². The number of hydrogen-bond donors (Lipinski definition) is 0. The molecule has 2 aromatic carbocycles. The molecule has 7 nitrogen and oxygen atoms in total. The molecule has 0 atom stereocenters. The molecule has 0 unspecified atom stereocenters. The van der Waals surface area contributed by atoms with Crippen molar-refractivity contribution in [3.05, 3.63) is 59.7 Å². The first-order valence-corrected chi connectivity index (χ1v) is 9.09. The van der Waals surface area contributed by atoms with Crippen LogP contribution in [0.5, 0.6) is 0 Å². The molecule has 0 aliphatic rings. The van der Waals surface area contributed by atoms with Gasteiger partial charge in [-0.15, -0.1) is 0 Å². The highest BCUT2D eigenvalue weighted by molar-refractivity contribution is 7.92. The van der Waals surface area contributed by atoms with E-state index in [1.807, 2.05) is 6.92 Å². The quantitative estimate of drug-likeness (QED) is 0.717. The molecule has 0 spiro atoms. The number of methoxy groups -OCH3 is 2. The van der Waals surface area contributed by atoms with Gasteiger partial charge in [-0.3, -0.25) is 9.10 Å². The molecule has 0 heterocycles. The van der Waals surface area contributed by atoms with Gasteiger partial charge in [0.15, 0.2) is 0 Å². The average molecular weight is 377 g/mol. The summed E-state index contributed by atoms with van der Waals surface area (Å²) in [6.07, 6.45) is 0. The number of carbonyl (C=O) groups excluding carboxylic acids is 2. The van der Waals surface area contributed by atoms with Crippen LogP contribution in [0.2, 0.25) is 0 Å². The number of carbonyl (C=O) groups is 2. The van der Waals surface area contributed by atoms with Crippen LogP contribution in [0.3, 0.4) is 0 Å². The SMILES string of the molecule is COC(=O)CN(c1ccccc1C(=O)OC)S(=O)(=O)c1ccc(C)cc1. The third kappa shape index (κ3) is 4.02. The molecule has 0 N–H and O–H groups in total. The number of aryl methyl sites for hydroxylation is 1. The Hall–Kier alpha value is -2.87. The molecule has 0 fully saturated rings. The number of benzene rings is 2. The van der Waals surface area contributed by atoms with E-state index in [2.05, 4.69) is 4.74 Å². The first kappa shape index (κ1) is 19.5. The summed E-state index contributed by atoms with van der Waals surface area (Å²) in [5.41, 5.74) is 0.943. The topological polar surface area (TPSA) is 90.0 Å². The minimum absolute atomic E-state index is 0.00771. The molecule has 138 valence electrons. The van der Waals surface area contributed by atoms with Gasteiger partial charge >= 0.3 is 11.9 Å². The van der Waals surface area contributed by atoms with Crippen molar-refractivity contribution in [1.82, 2.24) is 0 Å². The Morgan fingerprint density at radius 2 is 1.58 bits per heavy atom. The van der Waals surface area contributed by atoms with E-state index in [1.165, 1.54) is 31.4 Å². The van der Waals surface area contributed by atoms with Crippen LogP contribution >= 0.6 is 0 Å². The van der Waals surface area contributed by atoms with E-state index in [-0.39, 0.29) is 16.1 Å². The van der Waals surface area contributed by atoms with Crippen molar-refractivity contribution >= 4 is 27.6 Å². The van der Waals surface area contributed by atoms with Crippen LogP contribution in [0.1, 0.15) is 15.9 Å². The lowest BCUT2D eigenvalue weighted by molar-refractivity contribution is -0.138. The van der Waals surface area contributed by atoms with Gasteiger partial charge in [0.05, 0.1) is 30.4 Å². The molecule has 8 heteroatoms. The maximum Gasteiger partial charge on any atom is 0.340 e. The predicted octanol–water partition coefficient (Wildman–Crippen LogP) is 2.15. The van der Waals surface area contributed by atoms with Crippen LogP contribution in [-0.4, -0.2) is 41.1 Å². The molecule has 0 bridgehead atoms. The minimum Gasteiger partial charge on any atom is -0.468 e. The second-order valence-corrected chi connectivity index (χ2v) is 7.27. The fourth-order valence-corrected chi connectivity index (χ4v) is 3.72. The highest BCUT2D eigenvalue weighted by Gasteiger charge is 2.30. The van der Waals surface area contributed by atoms with Gasteiger partial charge in [-0.05, 0) is 31.2 Å². The zero-order chi connectivity index (χ0) is 19.3. The number of hydrogen-bond acceptors (Lipinski definition) is 6. The summed E-state index contributed by atoms with van der Waals surface area (Å²) in [7, 11) is -1.76. The normalized spacial score (nSPS) is 10.9. The van der Waals surface area contributed by atoms with Crippen LogP contribution in [-0.2, 0) is 24.3 Å². The number of nitrogens with zero attached hydrogens (tertiary/aromatic N) is 1. The summed E-state index contributed by atoms with van der Waals surface area (Å²) < 4.78 is 36.4. The van der Waals surface area contributed by atoms with Crippen molar-refractivity contribution in [2.24, 2.45) is 0 Å². The zero-order valence-electron chi connectivity index (χ0n) is 14.6. The summed E-state index contributed by atoms with van der Waals surface area (Å²) in [6, 6.07) is 12.2. The summed E-state index contributed by atoms with van der Waals surface area (Å²) >= 11 is 0. The molecule has 0 saturated heterocycles. The third-order valence-electron chi connectivity index (χ3n) is 3.69. The maximum atomic E-state index is 13.1. The summed E-state index contributed by atoms with van der Waals surface area (Å²) in [5.74, 6) is -1.48. The summed E-state index contributed by atoms with van der Waals surface area (Å²) in [6.45, 7) is 1.25. The Morgan fingerprint density at radius 3 is 2.15 bits per heavy atom. The van der Waals surface area contributed by atoms with Gasteiger partial charge in [0.1, 0.15) is 6.54 Å². The van der Waals surface area contributed by atoms with Gasteiger partial charge < -0.3 is 9.47 Å². The van der Waals surface area contributed by atoms with E-state index >= 15 is 0 Å². The number of anilines is 1. The lowest BCUT2D eigenvalue weighted by Crippen LogP contribution is -2.37. The van der Waals surface area contributed by atoms with Crippen LogP contribution in [0.4, 0.5) is 5.69 Å². The highest BCUT2D eigenvalue weighted by atomic mass is 32.2. The molecule has 0 aliphatic carbocycles. The van der Waals surface area contributed by atoms with Crippen molar-refractivity contribution in [1.29, 1.82) is 0 Å². The predicted molar refractivity (Wildman–Crippen MR) is 95.5 cm³/mol. The van der Waals surface area contributed by atoms with E-state index in [0.29, 0.717) is 0 Å². The van der Waals surface area contributed by atoms with E-state index in [1.54, 1.807) is 24.3 Å². The van der Waals surface area contributed by atoms with Crippen LogP contribution in [0.15, 0.2) is 53.4 Å². The Bertz CT molecular complexity index is 906. The Labute approximate surface area is 152 Å². The standard InChI is InChI=1S/C18H19NO6S/c1-13-8-10-14(11-9-13)26(22,23)19(12-17(20)24-2)16-7-5-4-6-15(16)18(21)25-3/h4-11H,12H2,1-3H3. The zero-order valence-corrected chi connectivity index (χ0v) is 15.4. The van der Waals surface area contributed by atoms with E-state index in [4.69, 9.17) is 4.74 Å². The smallest absolute Gasteiger partial charge is 0.340 e. The summed E-state index contributed by atoms with van der Waals surface area (Å²) in [4.78, 5) is 23.9. The highest BCUT2D eigenvalue weighted by Crippen LogP contribution is 2.28. The number of sulfonamides is 1. The molecule has 0 saturated carbocycles. The fraction of sp³-hybridized carbons (Fsp3) is 0.222. The summed E-state index contributed by atoms with van der Waals surface area (Å²) in [5, 5.41) is 0. The van der Waals surface area contributed by atoms with Crippen LogP contribution < -0.4 is 4.31 Å². The lowest BCUT2D eigenvalue weighted by atomic mass is 10.2. The first-order valence-electron chi connectivity index (χ1n) is 7.65. The molecule has 26 heavy (non-hydrogen) atoms. The molecule has 0 radical (unpaired) electrons. The van der Waals surface area contributed by atoms with Crippen molar-refractivity contribution < 1.29 is 27.5 Å². The second kappa shape index (κ2) is 8.01. The van der Waals surface area contributed by atoms with Gasteiger partial charge in [0.2, 0.25) is 0 Å². The molecule has 0 aliphatic heterocycles. The molecule has 0 aromatic heterocycles. The number of rotatable bonds is 6. The number of para-hydroxylation sites is 1. The van der Waals surface area contributed by atoms with Crippen molar-refractivity contribution in [2.45, 2.75) is 11.8 Å². The Morgan fingerprint density at radius 1 is 0.962 bits per heavy atom. The van der Waals surface area contributed by atoms with Gasteiger partial charge in [-0.1, -0.05) is 29.8 Å². The van der Waals surface area contributed by atoms with E-state index < -0.39 is 28.5 Å². The van der Waals surface area contributed by atoms with E-state index in [9.17, 15) is 18.0 Å². The van der Waals surface area contributed by atoms with Crippen molar-refractivity contribution in [2.75, 3.05) is 25.1 Å². The molecular weight excluding hydrogens is 358 g/mol. The fourth-order valence-electron chi connectivity index (χ4n) is 2.29. The van der Waals surface area contributed by atoms with Gasteiger partial charge in [0, 0.05) is 0 Å². The molecular formula is C18H19NO6S. The largest absolute Gasteiger partial charge is 0.468 e.